The highest BCUT2D eigenvalue weighted by Gasteiger charge is 2.38. The number of carboxylic acids is 2. The SMILES string of the molecule is CN(C)c1cccc(CCC(=O)NCCSSCCC(=O)O)c1.O=C(O)C(F)(F)F. The monoisotopic (exact) mass is 470 g/mol. The van der Waals surface area contributed by atoms with E-state index in [1.54, 1.807) is 10.8 Å². The maximum atomic E-state index is 11.8. The number of anilines is 1. The summed E-state index contributed by atoms with van der Waals surface area (Å²) in [4.78, 5) is 33.1. The van der Waals surface area contributed by atoms with Crippen molar-refractivity contribution in [1.82, 2.24) is 5.32 Å². The molecule has 0 radical (unpaired) electrons. The van der Waals surface area contributed by atoms with Gasteiger partial charge in [0.15, 0.2) is 0 Å². The second-order valence-corrected chi connectivity index (χ2v) is 8.71. The molecular formula is C18H25F3N2O5S2. The van der Waals surface area contributed by atoms with Gasteiger partial charge in [0.05, 0.1) is 6.42 Å². The predicted molar refractivity (Wildman–Crippen MR) is 113 cm³/mol. The number of nitrogens with one attached hydrogen (secondary N) is 1. The molecule has 170 valence electrons. The van der Waals surface area contributed by atoms with Gasteiger partial charge in [-0.15, -0.1) is 0 Å². The number of halogens is 3. The van der Waals surface area contributed by atoms with Crippen molar-refractivity contribution in [1.29, 1.82) is 0 Å². The molecule has 0 heterocycles. The first kappa shape index (κ1) is 27.9. The molecule has 0 aliphatic rings. The highest BCUT2D eigenvalue weighted by molar-refractivity contribution is 8.76. The second kappa shape index (κ2) is 14.8. The van der Waals surface area contributed by atoms with Gasteiger partial charge in [-0.05, 0) is 24.1 Å². The minimum atomic E-state index is -5.08. The summed E-state index contributed by atoms with van der Waals surface area (Å²) in [5, 5.41) is 18.5. The lowest BCUT2D eigenvalue weighted by Gasteiger charge is -2.13. The molecule has 3 N–H and O–H groups in total. The van der Waals surface area contributed by atoms with Crippen LogP contribution in [0.4, 0.5) is 18.9 Å². The van der Waals surface area contributed by atoms with Crippen LogP contribution in [0.1, 0.15) is 18.4 Å². The van der Waals surface area contributed by atoms with Crippen LogP contribution in [0, 0.1) is 0 Å². The zero-order valence-corrected chi connectivity index (χ0v) is 18.2. The molecule has 0 aromatic heterocycles. The number of rotatable bonds is 11. The number of benzene rings is 1. The number of carbonyl (C=O) groups is 3. The first-order valence-electron chi connectivity index (χ1n) is 8.72. The molecule has 30 heavy (non-hydrogen) atoms. The number of aliphatic carboxylic acids is 2. The molecule has 0 saturated heterocycles. The van der Waals surface area contributed by atoms with Gasteiger partial charge in [0.1, 0.15) is 0 Å². The Labute approximate surface area is 180 Å². The first-order chi connectivity index (χ1) is 13.9. The van der Waals surface area contributed by atoms with E-state index in [1.165, 1.54) is 10.8 Å². The van der Waals surface area contributed by atoms with Crippen molar-refractivity contribution < 1.29 is 37.8 Å². The Balaban J connectivity index is 0.00000103. The van der Waals surface area contributed by atoms with Crippen LogP contribution in [-0.4, -0.2) is 66.4 Å². The molecule has 1 aromatic rings. The highest BCUT2D eigenvalue weighted by atomic mass is 33.1. The Bertz CT molecular complexity index is 688. The molecule has 0 bridgehead atoms. The van der Waals surface area contributed by atoms with Gasteiger partial charge in [-0.3, -0.25) is 9.59 Å². The van der Waals surface area contributed by atoms with E-state index < -0.39 is 18.1 Å². The molecule has 0 saturated carbocycles. The van der Waals surface area contributed by atoms with Crippen molar-refractivity contribution in [2.45, 2.75) is 25.4 Å². The second-order valence-electron chi connectivity index (χ2n) is 6.00. The van der Waals surface area contributed by atoms with Gasteiger partial charge < -0.3 is 20.4 Å². The Morgan fingerprint density at radius 2 is 1.67 bits per heavy atom. The van der Waals surface area contributed by atoms with E-state index in [-0.39, 0.29) is 12.3 Å². The fourth-order valence-corrected chi connectivity index (χ4v) is 3.70. The Morgan fingerprint density at radius 1 is 1.07 bits per heavy atom. The lowest BCUT2D eigenvalue weighted by molar-refractivity contribution is -0.192. The number of carboxylic acid groups (broad SMARTS) is 2. The molecule has 0 atom stereocenters. The summed E-state index contributed by atoms with van der Waals surface area (Å²) >= 11 is 0. The smallest absolute Gasteiger partial charge is 0.481 e. The first-order valence-corrected chi connectivity index (χ1v) is 11.2. The Kier molecular flexibility index (Phi) is 13.8. The average Bonchev–Trinajstić information content (AvgIpc) is 2.65. The van der Waals surface area contributed by atoms with Gasteiger partial charge in [-0.25, -0.2) is 4.79 Å². The zero-order valence-electron chi connectivity index (χ0n) is 16.6. The number of nitrogens with zero attached hydrogens (tertiary/aromatic N) is 1. The van der Waals surface area contributed by atoms with Crippen molar-refractivity contribution in [3.05, 3.63) is 29.8 Å². The highest BCUT2D eigenvalue weighted by Crippen LogP contribution is 2.21. The summed E-state index contributed by atoms with van der Waals surface area (Å²) in [5.41, 5.74) is 2.29. The van der Waals surface area contributed by atoms with E-state index in [4.69, 9.17) is 15.0 Å². The van der Waals surface area contributed by atoms with Crippen LogP contribution >= 0.6 is 21.6 Å². The van der Waals surface area contributed by atoms with Gasteiger partial charge in [0.2, 0.25) is 5.91 Å². The lowest BCUT2D eigenvalue weighted by atomic mass is 10.1. The minimum Gasteiger partial charge on any atom is -0.481 e. The van der Waals surface area contributed by atoms with Gasteiger partial charge in [-0.1, -0.05) is 33.7 Å². The quantitative estimate of drug-likeness (QED) is 0.334. The van der Waals surface area contributed by atoms with E-state index in [9.17, 15) is 22.8 Å². The van der Waals surface area contributed by atoms with E-state index in [0.29, 0.717) is 18.7 Å². The topological polar surface area (TPSA) is 107 Å². The molecule has 7 nitrogen and oxygen atoms in total. The minimum absolute atomic E-state index is 0.0522. The van der Waals surface area contributed by atoms with Gasteiger partial charge in [-0.2, -0.15) is 13.2 Å². The van der Waals surface area contributed by atoms with Crippen molar-refractivity contribution in [3.8, 4) is 0 Å². The van der Waals surface area contributed by atoms with Gasteiger partial charge in [0.25, 0.3) is 0 Å². The molecule has 0 unspecified atom stereocenters. The molecule has 0 fully saturated rings. The predicted octanol–water partition coefficient (Wildman–Crippen LogP) is 3.29. The normalized spacial score (nSPS) is 10.6. The average molecular weight is 471 g/mol. The van der Waals surface area contributed by atoms with Crippen molar-refractivity contribution >= 4 is 45.1 Å². The third kappa shape index (κ3) is 14.9. The van der Waals surface area contributed by atoms with Crippen LogP contribution in [0.3, 0.4) is 0 Å². The van der Waals surface area contributed by atoms with Crippen molar-refractivity contribution in [2.75, 3.05) is 37.0 Å². The van der Waals surface area contributed by atoms with Crippen LogP contribution in [0.25, 0.3) is 0 Å². The van der Waals surface area contributed by atoms with Crippen LogP contribution in [-0.2, 0) is 20.8 Å². The fraction of sp³-hybridized carbons (Fsp3) is 0.500. The molecule has 0 aliphatic heterocycles. The molecule has 0 spiro atoms. The van der Waals surface area contributed by atoms with E-state index in [1.807, 2.05) is 37.2 Å². The number of hydrogen-bond acceptors (Lipinski definition) is 6. The Morgan fingerprint density at radius 3 is 2.20 bits per heavy atom. The number of amides is 1. The van der Waals surface area contributed by atoms with E-state index >= 15 is 0 Å². The maximum Gasteiger partial charge on any atom is 0.490 e. The van der Waals surface area contributed by atoms with Crippen LogP contribution in [0.15, 0.2) is 24.3 Å². The molecule has 1 rings (SSSR count). The number of hydrogen-bond donors (Lipinski definition) is 3. The summed E-state index contributed by atoms with van der Waals surface area (Å²) in [6.45, 7) is 0.612. The fourth-order valence-electron chi connectivity index (χ4n) is 1.82. The molecule has 1 aromatic carbocycles. The molecule has 0 aliphatic carbocycles. The maximum absolute atomic E-state index is 11.8. The lowest BCUT2D eigenvalue weighted by Crippen LogP contribution is -2.25. The van der Waals surface area contributed by atoms with E-state index in [0.717, 1.165) is 23.4 Å². The third-order valence-electron chi connectivity index (χ3n) is 3.30. The van der Waals surface area contributed by atoms with Crippen LogP contribution in [0.2, 0.25) is 0 Å². The number of aryl methyl sites for hydroxylation is 1. The molecule has 1 amide bonds. The zero-order chi connectivity index (χ0) is 23.2. The summed E-state index contributed by atoms with van der Waals surface area (Å²) < 4.78 is 31.7. The van der Waals surface area contributed by atoms with Crippen LogP contribution in [0.5, 0.6) is 0 Å². The summed E-state index contributed by atoms with van der Waals surface area (Å²) in [6.07, 6.45) is -3.70. The van der Waals surface area contributed by atoms with Crippen LogP contribution < -0.4 is 10.2 Å². The summed E-state index contributed by atoms with van der Waals surface area (Å²) in [7, 11) is 7.11. The van der Waals surface area contributed by atoms with Gasteiger partial charge in [0, 0.05) is 44.3 Å². The summed E-state index contributed by atoms with van der Waals surface area (Å²) in [5.74, 6) is -2.10. The standard InChI is InChI=1S/C16H24N2O3S2.C2HF3O2/c1-18(2)14-5-3-4-13(12-14)6-7-15(19)17-9-11-23-22-10-8-16(20)21;3-2(4,5)1(6)7/h3-5,12H,6-11H2,1-2H3,(H,17,19)(H,20,21);(H,6,7). The molecule has 12 heteroatoms. The van der Waals surface area contributed by atoms with Crippen molar-refractivity contribution in [3.63, 3.8) is 0 Å². The van der Waals surface area contributed by atoms with E-state index in [2.05, 4.69) is 11.4 Å². The number of carbonyl (C=O) groups excluding carboxylic acids is 1. The van der Waals surface area contributed by atoms with Crippen molar-refractivity contribution in [2.24, 2.45) is 0 Å². The summed E-state index contributed by atoms with van der Waals surface area (Å²) in [6, 6.07) is 8.19. The van der Waals surface area contributed by atoms with Gasteiger partial charge >= 0.3 is 18.1 Å². The largest absolute Gasteiger partial charge is 0.490 e. The third-order valence-corrected chi connectivity index (χ3v) is 5.71. The Hall–Kier alpha value is -2.08. The molecular weight excluding hydrogens is 445 g/mol. The number of alkyl halides is 3.